The van der Waals surface area contributed by atoms with E-state index in [-0.39, 0.29) is 23.6 Å². The highest BCUT2D eigenvalue weighted by molar-refractivity contribution is 5.32. The van der Waals surface area contributed by atoms with E-state index in [1.807, 2.05) is 18.2 Å². The number of benzene rings is 1. The Morgan fingerprint density at radius 2 is 1.33 bits per heavy atom. The standard InChI is InChI=1S/C30H41F3/c1-3-4-21-6-12-23(13-7-21)26-17-18-27(30(33)29(26)32)24-14-8-22(9-15-24)10-16-25-11-5-20(2)19-28(25)31/h10,16-25H,3-9,11-15H2,1-2H3/b16-10+. The zero-order chi connectivity index (χ0) is 23.4. The molecule has 182 valence electrons. The maximum absolute atomic E-state index is 15.1. The molecule has 3 aliphatic carbocycles. The molecule has 0 bridgehead atoms. The van der Waals surface area contributed by atoms with Gasteiger partial charge in [0.15, 0.2) is 11.6 Å². The fraction of sp³-hybridized carbons (Fsp3) is 0.667. The monoisotopic (exact) mass is 458 g/mol. The van der Waals surface area contributed by atoms with Crippen LogP contribution in [0.25, 0.3) is 0 Å². The Morgan fingerprint density at radius 1 is 0.758 bits per heavy atom. The number of halogens is 3. The molecule has 0 aliphatic heterocycles. The van der Waals surface area contributed by atoms with Crippen LogP contribution in [0, 0.1) is 35.3 Å². The summed E-state index contributed by atoms with van der Waals surface area (Å²) in [5.41, 5.74) is 1.16. The Kier molecular flexibility index (Phi) is 8.41. The summed E-state index contributed by atoms with van der Waals surface area (Å²) in [6.45, 7) is 4.28. The molecule has 0 amide bonds. The van der Waals surface area contributed by atoms with E-state index in [1.54, 1.807) is 6.08 Å². The second kappa shape index (κ2) is 11.3. The fourth-order valence-electron chi connectivity index (χ4n) is 6.54. The quantitative estimate of drug-likeness (QED) is 0.372. The molecular formula is C30H41F3. The molecule has 1 aromatic rings. The largest absolute Gasteiger partial charge is 0.212 e. The summed E-state index contributed by atoms with van der Waals surface area (Å²) in [7, 11) is 0. The van der Waals surface area contributed by atoms with Crippen molar-refractivity contribution in [1.82, 2.24) is 0 Å². The first-order valence-electron chi connectivity index (χ1n) is 13.5. The summed E-state index contributed by atoms with van der Waals surface area (Å²) in [5, 5.41) is 0. The number of allylic oxidation sites excluding steroid dienone is 4. The molecule has 0 nitrogen and oxygen atoms in total. The van der Waals surface area contributed by atoms with Crippen molar-refractivity contribution in [2.75, 3.05) is 0 Å². The van der Waals surface area contributed by atoms with Crippen LogP contribution >= 0.6 is 0 Å². The topological polar surface area (TPSA) is 0 Å². The highest BCUT2D eigenvalue weighted by atomic mass is 19.2. The minimum Gasteiger partial charge on any atom is -0.212 e. The van der Waals surface area contributed by atoms with Crippen LogP contribution in [0.2, 0.25) is 0 Å². The van der Waals surface area contributed by atoms with Gasteiger partial charge in [-0.15, -0.1) is 0 Å². The molecule has 0 spiro atoms. The molecule has 0 aromatic heterocycles. The predicted octanol–water partition coefficient (Wildman–Crippen LogP) is 9.77. The van der Waals surface area contributed by atoms with Crippen LogP contribution in [0.5, 0.6) is 0 Å². The minimum atomic E-state index is -0.606. The van der Waals surface area contributed by atoms with E-state index in [2.05, 4.69) is 19.9 Å². The molecule has 0 N–H and O–H groups in total. The highest BCUT2D eigenvalue weighted by Gasteiger charge is 2.29. The SMILES string of the molecule is CCCC1CCC(c2ccc(C3CCC(/C=C/C4CCC(C)C=C4F)CC3)c(F)c2F)CC1. The molecule has 3 aliphatic rings. The Hall–Kier alpha value is -1.51. The van der Waals surface area contributed by atoms with Crippen molar-refractivity contribution >= 4 is 0 Å². The van der Waals surface area contributed by atoms with E-state index < -0.39 is 11.6 Å². The van der Waals surface area contributed by atoms with Gasteiger partial charge in [0.2, 0.25) is 0 Å². The molecule has 2 saturated carbocycles. The van der Waals surface area contributed by atoms with E-state index in [4.69, 9.17) is 0 Å². The summed E-state index contributed by atoms with van der Waals surface area (Å²) in [4.78, 5) is 0. The minimum absolute atomic E-state index is 0.00942. The molecule has 2 atom stereocenters. The summed E-state index contributed by atoms with van der Waals surface area (Å²) < 4.78 is 44.4. The van der Waals surface area contributed by atoms with Gasteiger partial charge in [0.25, 0.3) is 0 Å². The van der Waals surface area contributed by atoms with Gasteiger partial charge in [0.05, 0.1) is 0 Å². The van der Waals surface area contributed by atoms with Crippen LogP contribution in [0.15, 0.2) is 36.2 Å². The van der Waals surface area contributed by atoms with Gasteiger partial charge in [0, 0.05) is 5.92 Å². The first kappa shape index (κ1) is 24.6. The van der Waals surface area contributed by atoms with Crippen molar-refractivity contribution < 1.29 is 13.2 Å². The van der Waals surface area contributed by atoms with Crippen molar-refractivity contribution in [3.05, 3.63) is 58.9 Å². The number of rotatable bonds is 6. The van der Waals surface area contributed by atoms with Crippen molar-refractivity contribution in [2.45, 2.75) is 103 Å². The molecule has 2 unspecified atom stereocenters. The van der Waals surface area contributed by atoms with Crippen molar-refractivity contribution in [1.29, 1.82) is 0 Å². The molecule has 2 fully saturated rings. The molecule has 0 radical (unpaired) electrons. The average Bonchev–Trinajstić information content (AvgIpc) is 2.82. The maximum Gasteiger partial charge on any atom is 0.162 e. The van der Waals surface area contributed by atoms with Crippen molar-refractivity contribution in [2.24, 2.45) is 23.7 Å². The lowest BCUT2D eigenvalue weighted by Crippen LogP contribution is -2.17. The molecular weight excluding hydrogens is 417 g/mol. The lowest BCUT2D eigenvalue weighted by Gasteiger charge is -2.30. The van der Waals surface area contributed by atoms with Crippen molar-refractivity contribution in [3.63, 3.8) is 0 Å². The maximum atomic E-state index is 15.1. The lowest BCUT2D eigenvalue weighted by molar-refractivity contribution is 0.302. The first-order valence-corrected chi connectivity index (χ1v) is 13.5. The lowest BCUT2D eigenvalue weighted by atomic mass is 9.75. The first-order chi connectivity index (χ1) is 16.0. The third-order valence-corrected chi connectivity index (χ3v) is 8.68. The van der Waals surface area contributed by atoms with Crippen LogP contribution in [-0.4, -0.2) is 0 Å². The van der Waals surface area contributed by atoms with Gasteiger partial charge in [-0.25, -0.2) is 13.2 Å². The van der Waals surface area contributed by atoms with Crippen LogP contribution in [-0.2, 0) is 0 Å². The average molecular weight is 459 g/mol. The van der Waals surface area contributed by atoms with E-state index in [0.717, 1.165) is 70.1 Å². The fourth-order valence-corrected chi connectivity index (χ4v) is 6.54. The van der Waals surface area contributed by atoms with Crippen molar-refractivity contribution in [3.8, 4) is 0 Å². The molecule has 0 heterocycles. The zero-order valence-electron chi connectivity index (χ0n) is 20.5. The van der Waals surface area contributed by atoms with E-state index in [9.17, 15) is 4.39 Å². The van der Waals surface area contributed by atoms with Crippen LogP contribution in [0.1, 0.15) is 114 Å². The molecule has 1 aromatic carbocycles. The van der Waals surface area contributed by atoms with Gasteiger partial charge < -0.3 is 0 Å². The van der Waals surface area contributed by atoms with E-state index >= 15 is 8.78 Å². The predicted molar refractivity (Wildman–Crippen MR) is 131 cm³/mol. The third kappa shape index (κ3) is 5.95. The van der Waals surface area contributed by atoms with Gasteiger partial charge >= 0.3 is 0 Å². The smallest absolute Gasteiger partial charge is 0.162 e. The van der Waals surface area contributed by atoms with Gasteiger partial charge in [-0.1, -0.05) is 51.0 Å². The summed E-state index contributed by atoms with van der Waals surface area (Å²) in [6, 6.07) is 3.75. The number of hydrogen-bond donors (Lipinski definition) is 0. The summed E-state index contributed by atoms with van der Waals surface area (Å²) >= 11 is 0. The van der Waals surface area contributed by atoms with Gasteiger partial charge in [0.1, 0.15) is 5.83 Å². The molecule has 0 saturated heterocycles. The van der Waals surface area contributed by atoms with Gasteiger partial charge in [-0.3, -0.25) is 0 Å². The Labute approximate surface area is 198 Å². The Morgan fingerprint density at radius 3 is 1.88 bits per heavy atom. The normalized spacial score (nSPS) is 33.3. The van der Waals surface area contributed by atoms with Crippen LogP contribution < -0.4 is 0 Å². The number of hydrogen-bond acceptors (Lipinski definition) is 0. The van der Waals surface area contributed by atoms with E-state index in [0.29, 0.717) is 23.0 Å². The van der Waals surface area contributed by atoms with Crippen LogP contribution in [0.3, 0.4) is 0 Å². The Bertz CT molecular complexity index is 838. The zero-order valence-corrected chi connectivity index (χ0v) is 20.5. The second-order valence-corrected chi connectivity index (χ2v) is 11.1. The third-order valence-electron chi connectivity index (χ3n) is 8.68. The highest BCUT2D eigenvalue weighted by Crippen LogP contribution is 2.42. The molecule has 4 rings (SSSR count). The Balaban J connectivity index is 1.34. The van der Waals surface area contributed by atoms with Gasteiger partial charge in [-0.05, 0) is 111 Å². The van der Waals surface area contributed by atoms with Gasteiger partial charge in [-0.2, -0.15) is 0 Å². The summed E-state index contributed by atoms with van der Waals surface area (Å²) in [5.74, 6) is 0.502. The summed E-state index contributed by atoms with van der Waals surface area (Å²) in [6.07, 6.45) is 18.3. The second-order valence-electron chi connectivity index (χ2n) is 11.1. The molecule has 3 heteroatoms. The molecule has 33 heavy (non-hydrogen) atoms. The van der Waals surface area contributed by atoms with Crippen LogP contribution in [0.4, 0.5) is 13.2 Å². The van der Waals surface area contributed by atoms with E-state index in [1.165, 1.54) is 12.8 Å².